The van der Waals surface area contributed by atoms with Crippen molar-refractivity contribution in [1.82, 2.24) is 20.4 Å². The predicted molar refractivity (Wildman–Crippen MR) is 256 cm³/mol. The molecule has 13 aromatic rings. The van der Waals surface area contributed by atoms with Gasteiger partial charge >= 0.3 is 0 Å². The first-order chi connectivity index (χ1) is 31.2. The molecule has 0 N–H and O–H groups in total. The minimum atomic E-state index is 0.702. The van der Waals surface area contributed by atoms with E-state index in [2.05, 4.69) is 177 Å². The molecule has 0 aliphatic carbocycles. The van der Waals surface area contributed by atoms with Crippen LogP contribution in [0.25, 0.3) is 110 Å². The number of furan rings is 2. The zero-order chi connectivity index (χ0) is 41.4. The SMILES string of the molecule is c1ccc2cc(-c3ccc4c(ccc5cc(N(c6ccc(-c7nncc8c7oc7ccccc78)cc6)c6ccc(-c7nncc8c7oc7ccccc78)cc6)ccc54)c3)ccc2c1. The molecular weight excluding hydrogens is 775 g/mol. The first-order valence-corrected chi connectivity index (χ1v) is 20.9. The third-order valence-electron chi connectivity index (χ3n) is 12.3. The van der Waals surface area contributed by atoms with Crippen LogP contribution >= 0.6 is 0 Å². The molecule has 0 saturated carbocycles. The quantitative estimate of drug-likeness (QED) is 0.155. The van der Waals surface area contributed by atoms with Crippen LogP contribution in [0, 0.1) is 0 Å². The van der Waals surface area contributed by atoms with Gasteiger partial charge in [0.25, 0.3) is 0 Å². The topological polar surface area (TPSA) is 81.1 Å². The Morgan fingerprint density at radius 3 is 1.37 bits per heavy atom. The van der Waals surface area contributed by atoms with Gasteiger partial charge in [-0.2, -0.15) is 10.2 Å². The molecular formula is C56H33N5O2. The number of nitrogens with zero attached hydrogens (tertiary/aromatic N) is 5. The van der Waals surface area contributed by atoms with E-state index in [9.17, 15) is 0 Å². The maximum atomic E-state index is 6.33. The van der Waals surface area contributed by atoms with Crippen molar-refractivity contribution >= 4 is 93.3 Å². The van der Waals surface area contributed by atoms with Gasteiger partial charge in [0.2, 0.25) is 0 Å². The van der Waals surface area contributed by atoms with Gasteiger partial charge in [0, 0.05) is 39.0 Å². The van der Waals surface area contributed by atoms with E-state index < -0.39 is 0 Å². The largest absolute Gasteiger partial charge is 0.454 e. The second kappa shape index (κ2) is 13.9. The third kappa shape index (κ3) is 5.75. The summed E-state index contributed by atoms with van der Waals surface area (Å²) < 4.78 is 12.7. The summed E-state index contributed by atoms with van der Waals surface area (Å²) in [4.78, 5) is 2.28. The molecule has 0 spiro atoms. The lowest BCUT2D eigenvalue weighted by Crippen LogP contribution is -2.10. The predicted octanol–water partition coefficient (Wildman–Crippen LogP) is 15.0. The van der Waals surface area contributed by atoms with Crippen molar-refractivity contribution in [2.45, 2.75) is 0 Å². The molecule has 0 aliphatic heterocycles. The minimum absolute atomic E-state index is 0.702. The van der Waals surface area contributed by atoms with E-state index in [0.29, 0.717) is 11.4 Å². The summed E-state index contributed by atoms with van der Waals surface area (Å²) in [7, 11) is 0. The Morgan fingerprint density at radius 2 is 0.762 bits per heavy atom. The van der Waals surface area contributed by atoms with Crippen LogP contribution in [0.2, 0.25) is 0 Å². The zero-order valence-corrected chi connectivity index (χ0v) is 33.6. The summed E-state index contributed by atoms with van der Waals surface area (Å²) in [6.07, 6.45) is 3.55. The van der Waals surface area contributed by atoms with E-state index in [-0.39, 0.29) is 0 Å². The van der Waals surface area contributed by atoms with Crippen LogP contribution < -0.4 is 4.90 Å². The normalized spacial score (nSPS) is 11.8. The van der Waals surface area contributed by atoms with Crippen molar-refractivity contribution in [2.75, 3.05) is 4.90 Å². The highest BCUT2D eigenvalue weighted by molar-refractivity contribution is 6.11. The molecule has 4 heterocycles. The van der Waals surface area contributed by atoms with Gasteiger partial charge in [0.05, 0.1) is 23.2 Å². The van der Waals surface area contributed by atoms with Crippen LogP contribution in [0.1, 0.15) is 0 Å². The molecule has 0 saturated heterocycles. The Bertz CT molecular complexity index is 3770. The Morgan fingerprint density at radius 1 is 0.317 bits per heavy atom. The Balaban J connectivity index is 0.911. The van der Waals surface area contributed by atoms with Gasteiger partial charge in [-0.1, -0.05) is 127 Å². The van der Waals surface area contributed by atoms with Crippen molar-refractivity contribution in [3.8, 4) is 33.6 Å². The molecule has 294 valence electrons. The molecule has 0 amide bonds. The highest BCUT2D eigenvalue weighted by atomic mass is 16.3. The number of aromatic nitrogens is 4. The van der Waals surface area contributed by atoms with Gasteiger partial charge in [-0.05, 0) is 104 Å². The van der Waals surface area contributed by atoms with Crippen molar-refractivity contribution in [3.05, 3.63) is 200 Å². The van der Waals surface area contributed by atoms with E-state index in [1.807, 2.05) is 36.4 Å². The summed E-state index contributed by atoms with van der Waals surface area (Å²) in [5.41, 5.74) is 11.7. The highest BCUT2D eigenvalue weighted by Crippen LogP contribution is 2.42. The monoisotopic (exact) mass is 807 g/mol. The number of fused-ring (bicyclic) bond motifs is 10. The summed E-state index contributed by atoms with van der Waals surface area (Å²) in [6.45, 7) is 0. The first kappa shape index (κ1) is 35.1. The second-order valence-corrected chi connectivity index (χ2v) is 16.0. The van der Waals surface area contributed by atoms with Crippen molar-refractivity contribution in [1.29, 1.82) is 0 Å². The van der Waals surface area contributed by atoms with Crippen LogP contribution in [0.3, 0.4) is 0 Å². The maximum Gasteiger partial charge on any atom is 0.165 e. The van der Waals surface area contributed by atoms with Gasteiger partial charge in [-0.25, -0.2) is 0 Å². The summed E-state index contributed by atoms with van der Waals surface area (Å²) in [5.74, 6) is 0. The third-order valence-corrected chi connectivity index (χ3v) is 12.3. The Kier molecular flexibility index (Phi) is 7.77. The standard InChI is InChI=1S/C56H33N5O2/c1-2-8-37-29-38(14-13-34(37)7-1)39-21-27-45-40(30-39)15-16-41-31-44(26-28-46(41)45)61(42-22-17-35(18-23-42)53-55-49(32-57-59-53)47-9-3-5-11-51(47)62-55)43-24-19-36(20-25-43)54-56-50(33-58-60-54)48-10-4-6-12-52(48)63-56/h1-33H. The van der Waals surface area contributed by atoms with Crippen molar-refractivity contribution in [3.63, 3.8) is 0 Å². The van der Waals surface area contributed by atoms with Crippen LogP contribution in [-0.4, -0.2) is 20.4 Å². The van der Waals surface area contributed by atoms with Crippen molar-refractivity contribution in [2.24, 2.45) is 0 Å². The molecule has 9 aromatic carbocycles. The molecule has 0 aliphatic rings. The Hall–Kier alpha value is -8.68. The van der Waals surface area contributed by atoms with E-state index in [1.165, 1.54) is 38.1 Å². The van der Waals surface area contributed by atoms with Gasteiger partial charge < -0.3 is 13.7 Å². The fraction of sp³-hybridized carbons (Fsp3) is 0. The number of para-hydroxylation sites is 2. The van der Waals surface area contributed by atoms with Gasteiger partial charge in [-0.3, -0.25) is 0 Å². The lowest BCUT2D eigenvalue weighted by Gasteiger charge is -2.26. The molecule has 0 radical (unpaired) electrons. The van der Waals surface area contributed by atoms with Crippen LogP contribution in [0.15, 0.2) is 209 Å². The average Bonchev–Trinajstić information content (AvgIpc) is 3.93. The average molecular weight is 808 g/mol. The molecule has 4 aromatic heterocycles. The molecule has 7 heteroatoms. The number of hydrogen-bond acceptors (Lipinski definition) is 7. The van der Waals surface area contributed by atoms with Gasteiger partial charge in [0.1, 0.15) is 22.6 Å². The zero-order valence-electron chi connectivity index (χ0n) is 33.6. The lowest BCUT2D eigenvalue weighted by molar-refractivity contribution is 0.666. The number of anilines is 3. The fourth-order valence-electron chi connectivity index (χ4n) is 9.23. The molecule has 0 fully saturated rings. The highest BCUT2D eigenvalue weighted by Gasteiger charge is 2.19. The molecule has 13 rings (SSSR count). The second-order valence-electron chi connectivity index (χ2n) is 16.0. The number of hydrogen-bond donors (Lipinski definition) is 0. The van der Waals surface area contributed by atoms with Gasteiger partial charge in [0.15, 0.2) is 11.2 Å². The smallest absolute Gasteiger partial charge is 0.165 e. The summed E-state index contributed by atoms with van der Waals surface area (Å²) in [6, 6.07) is 66.1. The first-order valence-electron chi connectivity index (χ1n) is 20.9. The Labute approximate surface area is 360 Å². The van der Waals surface area contributed by atoms with Crippen molar-refractivity contribution < 1.29 is 8.83 Å². The van der Waals surface area contributed by atoms with E-state index >= 15 is 0 Å². The lowest BCUT2D eigenvalue weighted by atomic mass is 9.96. The molecule has 0 bridgehead atoms. The molecule has 0 unspecified atom stereocenters. The van der Waals surface area contributed by atoms with Crippen LogP contribution in [0.5, 0.6) is 0 Å². The maximum absolute atomic E-state index is 6.33. The molecule has 63 heavy (non-hydrogen) atoms. The minimum Gasteiger partial charge on any atom is -0.454 e. The number of rotatable bonds is 6. The van der Waals surface area contributed by atoms with E-state index in [4.69, 9.17) is 8.83 Å². The van der Waals surface area contributed by atoms with Gasteiger partial charge in [-0.15, -0.1) is 10.2 Å². The van der Waals surface area contributed by atoms with E-state index in [1.54, 1.807) is 12.4 Å². The summed E-state index contributed by atoms with van der Waals surface area (Å²) >= 11 is 0. The number of benzene rings is 9. The molecule has 0 atom stereocenters. The fourth-order valence-corrected chi connectivity index (χ4v) is 9.23. The van der Waals surface area contributed by atoms with Crippen LogP contribution in [0.4, 0.5) is 17.1 Å². The van der Waals surface area contributed by atoms with Crippen LogP contribution in [-0.2, 0) is 0 Å². The summed E-state index contributed by atoms with van der Waals surface area (Å²) in [5, 5.41) is 29.0. The molecule has 7 nitrogen and oxygen atoms in total. The van der Waals surface area contributed by atoms with E-state index in [0.717, 1.165) is 77.5 Å².